The number of hydrogen-bond acceptors (Lipinski definition) is 3. The van der Waals surface area contributed by atoms with Crippen molar-refractivity contribution in [3.8, 4) is 11.4 Å². The standard InChI is InChI=1S/C24H20N2O3/c1-16(27)18-8-12-20(13-9-18)25-22-6-4-3-5-7-23(22)26(24(25)29)21-14-10-19(11-15-21)17(2)28/h4-15H,3H2,1-2H3. The zero-order valence-corrected chi connectivity index (χ0v) is 16.3. The lowest BCUT2D eigenvalue weighted by Crippen LogP contribution is -2.23. The van der Waals surface area contributed by atoms with Crippen LogP contribution in [0.25, 0.3) is 23.5 Å². The van der Waals surface area contributed by atoms with E-state index in [0.29, 0.717) is 22.5 Å². The molecule has 0 amide bonds. The molecule has 5 heteroatoms. The molecule has 2 aromatic carbocycles. The Bertz CT molecular complexity index is 1130. The predicted molar refractivity (Wildman–Crippen MR) is 114 cm³/mol. The van der Waals surface area contributed by atoms with Gasteiger partial charge >= 0.3 is 5.69 Å². The van der Waals surface area contributed by atoms with Gasteiger partial charge in [0.1, 0.15) is 0 Å². The van der Waals surface area contributed by atoms with E-state index in [-0.39, 0.29) is 17.3 Å². The van der Waals surface area contributed by atoms with Gasteiger partial charge in [0.15, 0.2) is 11.6 Å². The van der Waals surface area contributed by atoms with Crippen LogP contribution in [-0.4, -0.2) is 20.7 Å². The fourth-order valence-electron chi connectivity index (χ4n) is 3.48. The van der Waals surface area contributed by atoms with E-state index in [1.165, 1.54) is 13.8 Å². The van der Waals surface area contributed by atoms with Gasteiger partial charge in [0.05, 0.1) is 22.8 Å². The molecule has 3 aromatic rings. The van der Waals surface area contributed by atoms with E-state index in [9.17, 15) is 14.4 Å². The summed E-state index contributed by atoms with van der Waals surface area (Å²) in [6.45, 7) is 3.03. The number of carbonyl (C=O) groups is 2. The van der Waals surface area contributed by atoms with Crippen molar-refractivity contribution in [1.82, 2.24) is 9.13 Å². The smallest absolute Gasteiger partial charge is 0.295 e. The normalized spacial score (nSPS) is 12.5. The van der Waals surface area contributed by atoms with Gasteiger partial charge in [-0.25, -0.2) is 4.79 Å². The summed E-state index contributed by atoms with van der Waals surface area (Å²) in [5, 5.41) is 0. The van der Waals surface area contributed by atoms with Crippen molar-refractivity contribution >= 4 is 23.7 Å². The molecule has 0 unspecified atom stereocenters. The first-order valence-corrected chi connectivity index (χ1v) is 9.41. The molecular weight excluding hydrogens is 364 g/mol. The molecule has 1 heterocycles. The summed E-state index contributed by atoms with van der Waals surface area (Å²) in [6, 6.07) is 14.0. The van der Waals surface area contributed by atoms with E-state index in [2.05, 4.69) is 0 Å². The van der Waals surface area contributed by atoms with Gasteiger partial charge in [-0.2, -0.15) is 0 Å². The Morgan fingerprint density at radius 3 is 1.41 bits per heavy atom. The molecule has 0 fully saturated rings. The average Bonchev–Trinajstić information content (AvgIpc) is 2.84. The molecular formula is C24H20N2O3. The maximum absolute atomic E-state index is 13.4. The minimum atomic E-state index is -0.211. The van der Waals surface area contributed by atoms with Gasteiger partial charge in [-0.3, -0.25) is 18.7 Å². The maximum Gasteiger partial charge on any atom is 0.338 e. The van der Waals surface area contributed by atoms with Crippen LogP contribution in [0.4, 0.5) is 0 Å². The molecule has 0 radical (unpaired) electrons. The highest BCUT2D eigenvalue weighted by Crippen LogP contribution is 2.23. The Kier molecular flexibility index (Phi) is 4.72. The Morgan fingerprint density at radius 1 is 0.690 bits per heavy atom. The van der Waals surface area contributed by atoms with Crippen molar-refractivity contribution in [3.63, 3.8) is 0 Å². The van der Waals surface area contributed by atoms with Gasteiger partial charge < -0.3 is 0 Å². The molecule has 1 aliphatic rings. The Balaban J connectivity index is 1.94. The van der Waals surface area contributed by atoms with Crippen molar-refractivity contribution in [2.24, 2.45) is 0 Å². The van der Waals surface area contributed by atoms with Crippen LogP contribution in [0.2, 0.25) is 0 Å². The van der Waals surface area contributed by atoms with Crippen molar-refractivity contribution in [1.29, 1.82) is 0 Å². The largest absolute Gasteiger partial charge is 0.338 e. The van der Waals surface area contributed by atoms with Crippen LogP contribution in [0.15, 0.2) is 65.5 Å². The Hall–Kier alpha value is -3.73. The monoisotopic (exact) mass is 384 g/mol. The topological polar surface area (TPSA) is 61.1 Å². The van der Waals surface area contributed by atoms with Crippen molar-refractivity contribution in [2.45, 2.75) is 20.3 Å². The lowest BCUT2D eigenvalue weighted by atomic mass is 10.1. The summed E-state index contributed by atoms with van der Waals surface area (Å²) in [6.07, 6.45) is 8.67. The lowest BCUT2D eigenvalue weighted by Gasteiger charge is -2.06. The van der Waals surface area contributed by atoms with E-state index in [1.54, 1.807) is 57.7 Å². The summed E-state index contributed by atoms with van der Waals surface area (Å²) in [7, 11) is 0. The number of rotatable bonds is 4. The van der Waals surface area contributed by atoms with Crippen LogP contribution in [0.1, 0.15) is 52.4 Å². The predicted octanol–water partition coefficient (Wildman–Crippen LogP) is 4.46. The lowest BCUT2D eigenvalue weighted by molar-refractivity contribution is 0.100. The number of imidazole rings is 1. The Morgan fingerprint density at radius 2 is 1.07 bits per heavy atom. The second kappa shape index (κ2) is 7.36. The number of Topliss-reactive ketones (excluding diaryl/α,β-unsaturated/α-hetero) is 2. The first-order chi connectivity index (χ1) is 14.0. The molecule has 0 atom stereocenters. The van der Waals surface area contributed by atoms with Crippen LogP contribution in [0.5, 0.6) is 0 Å². The number of nitrogens with zero attached hydrogens (tertiary/aromatic N) is 2. The summed E-state index contributed by atoms with van der Waals surface area (Å²) in [4.78, 5) is 36.6. The van der Waals surface area contributed by atoms with Gasteiger partial charge in [-0.05, 0) is 81.0 Å². The minimum Gasteiger partial charge on any atom is -0.295 e. The number of fused-ring (bicyclic) bond motifs is 1. The van der Waals surface area contributed by atoms with E-state index < -0.39 is 0 Å². The summed E-state index contributed by atoms with van der Waals surface area (Å²) in [5.74, 6) is -0.0395. The van der Waals surface area contributed by atoms with Crippen LogP contribution in [0.3, 0.4) is 0 Å². The molecule has 0 saturated heterocycles. The fraction of sp³-hybridized carbons (Fsp3) is 0.125. The number of allylic oxidation sites excluding steroid dienone is 2. The zero-order chi connectivity index (χ0) is 20.5. The molecule has 0 aliphatic heterocycles. The van der Waals surface area contributed by atoms with Crippen molar-refractivity contribution in [2.75, 3.05) is 0 Å². The maximum atomic E-state index is 13.4. The molecule has 0 bridgehead atoms. The molecule has 29 heavy (non-hydrogen) atoms. The van der Waals surface area contributed by atoms with Crippen LogP contribution in [0, 0.1) is 0 Å². The Labute approximate surface area is 168 Å². The van der Waals surface area contributed by atoms with E-state index in [0.717, 1.165) is 17.8 Å². The minimum absolute atomic E-state index is 0.0197. The third kappa shape index (κ3) is 3.31. The molecule has 4 rings (SSSR count). The van der Waals surface area contributed by atoms with Crippen LogP contribution in [-0.2, 0) is 0 Å². The van der Waals surface area contributed by atoms with Crippen LogP contribution < -0.4 is 5.69 Å². The first-order valence-electron chi connectivity index (χ1n) is 9.41. The molecule has 0 saturated carbocycles. The quantitative estimate of drug-likeness (QED) is 0.624. The molecule has 5 nitrogen and oxygen atoms in total. The SMILES string of the molecule is CC(=O)c1ccc(-n2c3c(n(-c4ccc(C(C)=O)cc4)c2=O)C=CCC=C3)cc1. The second-order valence-electron chi connectivity index (χ2n) is 6.97. The van der Waals surface area contributed by atoms with Gasteiger partial charge in [0.2, 0.25) is 0 Å². The third-order valence-corrected chi connectivity index (χ3v) is 5.01. The summed E-state index contributed by atoms with van der Waals surface area (Å²) in [5.41, 5.74) is 3.91. The molecule has 0 spiro atoms. The fourth-order valence-corrected chi connectivity index (χ4v) is 3.48. The van der Waals surface area contributed by atoms with Gasteiger partial charge in [0, 0.05) is 11.1 Å². The van der Waals surface area contributed by atoms with E-state index in [1.807, 2.05) is 24.3 Å². The van der Waals surface area contributed by atoms with Crippen LogP contribution >= 0.6 is 0 Å². The molecule has 144 valence electrons. The van der Waals surface area contributed by atoms with Gasteiger partial charge in [-0.15, -0.1) is 0 Å². The number of aromatic nitrogens is 2. The highest BCUT2D eigenvalue weighted by atomic mass is 16.2. The molecule has 1 aromatic heterocycles. The highest BCUT2D eigenvalue weighted by Gasteiger charge is 2.20. The molecule has 0 N–H and O–H groups in total. The first kappa shape index (κ1) is 18.6. The zero-order valence-electron chi connectivity index (χ0n) is 16.3. The van der Waals surface area contributed by atoms with E-state index >= 15 is 0 Å². The second-order valence-corrected chi connectivity index (χ2v) is 6.97. The van der Waals surface area contributed by atoms with Crippen molar-refractivity contribution < 1.29 is 9.59 Å². The number of benzene rings is 2. The van der Waals surface area contributed by atoms with E-state index in [4.69, 9.17) is 0 Å². The number of ketones is 2. The average molecular weight is 384 g/mol. The highest BCUT2D eigenvalue weighted by molar-refractivity contribution is 5.94. The van der Waals surface area contributed by atoms with Gasteiger partial charge in [-0.1, -0.05) is 12.2 Å². The third-order valence-electron chi connectivity index (χ3n) is 5.01. The molecule has 1 aliphatic carbocycles. The summed E-state index contributed by atoms with van der Waals surface area (Å²) < 4.78 is 3.29. The number of hydrogen-bond donors (Lipinski definition) is 0. The summed E-state index contributed by atoms with van der Waals surface area (Å²) >= 11 is 0. The van der Waals surface area contributed by atoms with Crippen molar-refractivity contribution in [3.05, 3.63) is 93.7 Å². The van der Waals surface area contributed by atoms with Gasteiger partial charge in [0.25, 0.3) is 0 Å². The number of carbonyl (C=O) groups excluding carboxylic acids is 2.